The van der Waals surface area contributed by atoms with Gasteiger partial charge in [0, 0.05) is 29.5 Å². The highest BCUT2D eigenvalue weighted by atomic mass is 35.5. The van der Waals surface area contributed by atoms with E-state index < -0.39 is 17.0 Å². The summed E-state index contributed by atoms with van der Waals surface area (Å²) in [5.74, 6) is -1.22. The van der Waals surface area contributed by atoms with Crippen LogP contribution in [0.4, 0.5) is 8.78 Å². The molecule has 2 nitrogen and oxygen atoms in total. The molecule has 1 atom stereocenters. The van der Waals surface area contributed by atoms with Gasteiger partial charge in [-0.3, -0.25) is 4.79 Å². The second kappa shape index (κ2) is 6.99. The van der Waals surface area contributed by atoms with E-state index in [1.54, 1.807) is 12.1 Å². The van der Waals surface area contributed by atoms with E-state index in [9.17, 15) is 13.6 Å². The summed E-state index contributed by atoms with van der Waals surface area (Å²) in [4.78, 5) is 12.2. The van der Waals surface area contributed by atoms with E-state index in [1.165, 1.54) is 12.1 Å². The van der Waals surface area contributed by atoms with Crippen LogP contribution in [0.2, 0.25) is 5.02 Å². The molecule has 26 heavy (non-hydrogen) atoms. The van der Waals surface area contributed by atoms with E-state index >= 15 is 0 Å². The van der Waals surface area contributed by atoms with Gasteiger partial charge in [0.25, 0.3) is 0 Å². The van der Waals surface area contributed by atoms with Crippen molar-refractivity contribution in [1.82, 2.24) is 5.32 Å². The number of nitrogens with one attached hydrogen (secondary N) is 1. The molecule has 3 rings (SSSR count). The Morgan fingerprint density at radius 3 is 2.38 bits per heavy atom. The van der Waals surface area contributed by atoms with Gasteiger partial charge in [-0.25, -0.2) is 8.78 Å². The van der Waals surface area contributed by atoms with Crippen LogP contribution in [-0.2, 0) is 16.6 Å². The molecule has 138 valence electrons. The van der Waals surface area contributed by atoms with Crippen LogP contribution in [0.5, 0.6) is 0 Å². The second-order valence-electron chi connectivity index (χ2n) is 7.67. The highest BCUT2D eigenvalue weighted by Crippen LogP contribution is 2.64. The summed E-state index contributed by atoms with van der Waals surface area (Å²) in [5, 5.41) is 3.60. The molecule has 1 saturated carbocycles. The first-order valence-electron chi connectivity index (χ1n) is 8.70. The molecule has 1 amide bonds. The first kappa shape index (κ1) is 18.8. The topological polar surface area (TPSA) is 29.1 Å². The lowest BCUT2D eigenvalue weighted by Gasteiger charge is -2.22. The third-order valence-electron chi connectivity index (χ3n) is 5.50. The van der Waals surface area contributed by atoms with E-state index in [0.717, 1.165) is 18.1 Å². The average molecular weight is 378 g/mol. The van der Waals surface area contributed by atoms with Crippen molar-refractivity contribution in [3.63, 3.8) is 0 Å². The van der Waals surface area contributed by atoms with Crippen LogP contribution < -0.4 is 5.32 Å². The lowest BCUT2D eigenvalue weighted by atomic mass is 9.87. The smallest absolute Gasteiger partial charge is 0.220 e. The summed E-state index contributed by atoms with van der Waals surface area (Å²) in [6, 6.07) is 11.1. The monoisotopic (exact) mass is 377 g/mol. The fourth-order valence-electron chi connectivity index (χ4n) is 3.69. The van der Waals surface area contributed by atoms with Gasteiger partial charge in [-0.05, 0) is 47.6 Å². The zero-order valence-corrected chi connectivity index (χ0v) is 15.7. The van der Waals surface area contributed by atoms with E-state index in [-0.39, 0.29) is 11.3 Å². The normalized spacial score (nSPS) is 20.7. The molecular formula is C21H22ClF2NO. The molecule has 5 heteroatoms. The molecule has 0 spiro atoms. The van der Waals surface area contributed by atoms with Gasteiger partial charge < -0.3 is 5.32 Å². The largest absolute Gasteiger partial charge is 0.355 e. The van der Waals surface area contributed by atoms with E-state index in [0.29, 0.717) is 30.0 Å². The van der Waals surface area contributed by atoms with Gasteiger partial charge >= 0.3 is 0 Å². The SMILES string of the molecule is CC1(C)CC1(CNC(=O)CCc1ccc(Cl)cc1)c1ccc(F)cc1F. The van der Waals surface area contributed by atoms with Crippen LogP contribution in [0.25, 0.3) is 0 Å². The van der Waals surface area contributed by atoms with Gasteiger partial charge in [0.1, 0.15) is 11.6 Å². The first-order chi connectivity index (χ1) is 12.2. The van der Waals surface area contributed by atoms with Crippen LogP contribution in [0.1, 0.15) is 37.8 Å². The Balaban J connectivity index is 1.62. The van der Waals surface area contributed by atoms with Crippen molar-refractivity contribution >= 4 is 17.5 Å². The number of aryl methyl sites for hydroxylation is 1. The van der Waals surface area contributed by atoms with E-state index in [4.69, 9.17) is 11.6 Å². The Labute approximate surface area is 157 Å². The van der Waals surface area contributed by atoms with Gasteiger partial charge in [-0.2, -0.15) is 0 Å². The standard InChI is InChI=1S/C21H22ClF2NO/c1-20(2)12-21(20,17-9-8-16(23)11-18(17)24)13-25-19(26)10-5-14-3-6-15(22)7-4-14/h3-4,6-9,11H,5,10,12-13H2,1-2H3,(H,25,26). The van der Waals surface area contributed by atoms with Gasteiger partial charge in [-0.15, -0.1) is 0 Å². The third-order valence-corrected chi connectivity index (χ3v) is 5.75. The number of carbonyl (C=O) groups is 1. The summed E-state index contributed by atoms with van der Waals surface area (Å²) in [6.45, 7) is 4.42. The maximum absolute atomic E-state index is 14.3. The van der Waals surface area contributed by atoms with Crippen molar-refractivity contribution in [3.8, 4) is 0 Å². The van der Waals surface area contributed by atoms with Crippen LogP contribution in [0.3, 0.4) is 0 Å². The summed E-state index contributed by atoms with van der Waals surface area (Å²) in [6.07, 6.45) is 1.72. The quantitative estimate of drug-likeness (QED) is 0.751. The molecular weight excluding hydrogens is 356 g/mol. The highest BCUT2D eigenvalue weighted by molar-refractivity contribution is 6.30. The average Bonchev–Trinajstić information content (AvgIpc) is 3.14. The molecule has 1 fully saturated rings. The molecule has 1 N–H and O–H groups in total. The minimum Gasteiger partial charge on any atom is -0.355 e. The van der Waals surface area contributed by atoms with E-state index in [1.807, 2.05) is 26.0 Å². The first-order valence-corrected chi connectivity index (χ1v) is 9.08. The Morgan fingerprint density at radius 1 is 1.15 bits per heavy atom. The van der Waals surface area contributed by atoms with Crippen molar-refractivity contribution in [1.29, 1.82) is 0 Å². The van der Waals surface area contributed by atoms with Crippen molar-refractivity contribution < 1.29 is 13.6 Å². The Bertz CT molecular complexity index is 819. The van der Waals surface area contributed by atoms with Crippen molar-refractivity contribution in [2.45, 2.75) is 38.5 Å². The molecule has 0 heterocycles. The summed E-state index contributed by atoms with van der Waals surface area (Å²) < 4.78 is 27.5. The molecule has 0 saturated heterocycles. The number of amides is 1. The fraction of sp³-hybridized carbons (Fsp3) is 0.381. The minimum atomic E-state index is -0.591. The number of hydrogen-bond donors (Lipinski definition) is 1. The Kier molecular flexibility index (Phi) is 5.07. The van der Waals surface area contributed by atoms with Crippen LogP contribution in [-0.4, -0.2) is 12.5 Å². The number of benzene rings is 2. The zero-order valence-electron chi connectivity index (χ0n) is 14.9. The Hall–Kier alpha value is -1.94. The van der Waals surface area contributed by atoms with Crippen LogP contribution in [0.15, 0.2) is 42.5 Å². The molecule has 2 aromatic rings. The third kappa shape index (κ3) is 3.75. The van der Waals surface area contributed by atoms with Gasteiger partial charge in [-0.1, -0.05) is 43.6 Å². The highest BCUT2D eigenvalue weighted by Gasteiger charge is 2.62. The van der Waals surface area contributed by atoms with Gasteiger partial charge in [0.05, 0.1) is 0 Å². The zero-order chi connectivity index (χ0) is 18.9. The molecule has 0 bridgehead atoms. The van der Waals surface area contributed by atoms with E-state index in [2.05, 4.69) is 5.32 Å². The van der Waals surface area contributed by atoms with Crippen molar-refractivity contribution in [2.24, 2.45) is 5.41 Å². The molecule has 0 radical (unpaired) electrons. The fourth-order valence-corrected chi connectivity index (χ4v) is 3.82. The number of halogens is 3. The predicted octanol–water partition coefficient (Wildman–Crippen LogP) is 5.03. The summed E-state index contributed by atoms with van der Waals surface area (Å²) in [5.41, 5.74) is 0.882. The number of rotatable bonds is 6. The summed E-state index contributed by atoms with van der Waals surface area (Å²) in [7, 11) is 0. The molecule has 1 aliphatic carbocycles. The predicted molar refractivity (Wildman–Crippen MR) is 99.2 cm³/mol. The lowest BCUT2D eigenvalue weighted by molar-refractivity contribution is -0.121. The van der Waals surface area contributed by atoms with Crippen molar-refractivity contribution in [2.75, 3.05) is 6.54 Å². The van der Waals surface area contributed by atoms with Crippen LogP contribution >= 0.6 is 11.6 Å². The minimum absolute atomic E-state index is 0.0791. The number of carbonyl (C=O) groups excluding carboxylic acids is 1. The second-order valence-corrected chi connectivity index (χ2v) is 8.11. The Morgan fingerprint density at radius 2 is 1.81 bits per heavy atom. The molecule has 0 aliphatic heterocycles. The summed E-state index contributed by atoms with van der Waals surface area (Å²) >= 11 is 5.86. The van der Waals surface area contributed by atoms with Crippen molar-refractivity contribution in [3.05, 3.63) is 70.2 Å². The maximum Gasteiger partial charge on any atom is 0.220 e. The van der Waals surface area contributed by atoms with Gasteiger partial charge in [0.2, 0.25) is 5.91 Å². The number of hydrogen-bond acceptors (Lipinski definition) is 1. The lowest BCUT2D eigenvalue weighted by Crippen LogP contribution is -2.35. The molecule has 2 aromatic carbocycles. The van der Waals surface area contributed by atoms with Crippen LogP contribution in [0, 0.1) is 17.0 Å². The van der Waals surface area contributed by atoms with Gasteiger partial charge in [0.15, 0.2) is 0 Å². The molecule has 1 aliphatic rings. The molecule has 0 aromatic heterocycles. The molecule has 1 unspecified atom stereocenters. The maximum atomic E-state index is 14.3.